The summed E-state index contributed by atoms with van der Waals surface area (Å²) < 4.78 is 11.5. The van der Waals surface area contributed by atoms with E-state index in [-0.39, 0.29) is 33.6 Å². The molecule has 1 saturated heterocycles. The van der Waals surface area contributed by atoms with Crippen LogP contribution < -0.4 is 19.7 Å². The quantitative estimate of drug-likeness (QED) is 0.110. The van der Waals surface area contributed by atoms with Gasteiger partial charge in [-0.2, -0.15) is 0 Å². The Morgan fingerprint density at radius 3 is 2.40 bits per heavy atom. The molecule has 3 aromatic rings. The monoisotopic (exact) mass is 581 g/mol. The number of nitrogens with one attached hydrogen (secondary N) is 1. The lowest BCUT2D eigenvalue weighted by molar-refractivity contribution is -0.384. The normalized spacial score (nSPS) is 14.2. The molecule has 0 atom stereocenters. The lowest BCUT2D eigenvalue weighted by Gasteiger charge is -2.26. The van der Waals surface area contributed by atoms with E-state index in [1.165, 1.54) is 43.5 Å². The number of allylic oxidation sites excluding steroid dienone is 1. The highest BCUT2D eigenvalue weighted by molar-refractivity contribution is 6.43. The average molecular weight is 582 g/mol. The number of carbonyl (C=O) groups excluding carboxylic acids is 3. The first-order valence-electron chi connectivity index (χ1n) is 11.7. The number of nitro benzene ring substituents is 1. The van der Waals surface area contributed by atoms with E-state index >= 15 is 0 Å². The maximum atomic E-state index is 13.3. The van der Waals surface area contributed by atoms with Gasteiger partial charge in [0.1, 0.15) is 12.2 Å². The molecule has 0 bridgehead atoms. The van der Waals surface area contributed by atoms with Crippen molar-refractivity contribution in [3.63, 3.8) is 0 Å². The molecule has 1 aliphatic heterocycles. The fraction of sp³-hybridized carbons (Fsp3) is 0.107. The lowest BCUT2D eigenvalue weighted by Crippen LogP contribution is -2.54. The molecule has 0 saturated carbocycles. The van der Waals surface area contributed by atoms with Crippen molar-refractivity contribution in [2.75, 3.05) is 12.0 Å². The van der Waals surface area contributed by atoms with E-state index < -0.39 is 22.8 Å². The number of nitrogens with zero attached hydrogens (tertiary/aromatic N) is 2. The summed E-state index contributed by atoms with van der Waals surface area (Å²) in [6.07, 6.45) is 3.34. The van der Waals surface area contributed by atoms with Crippen LogP contribution in [0.1, 0.15) is 16.7 Å². The largest absolute Gasteiger partial charge is 0.493 e. The van der Waals surface area contributed by atoms with Crippen molar-refractivity contribution < 1.29 is 28.8 Å². The first-order chi connectivity index (χ1) is 19.1. The van der Waals surface area contributed by atoms with Crippen LogP contribution >= 0.6 is 23.2 Å². The molecular formula is C28H21Cl2N3O7. The highest BCUT2D eigenvalue weighted by Crippen LogP contribution is 2.36. The van der Waals surface area contributed by atoms with Crippen LogP contribution in [0.3, 0.4) is 0 Å². The summed E-state index contributed by atoms with van der Waals surface area (Å²) in [5, 5.41) is 13.4. The van der Waals surface area contributed by atoms with Gasteiger partial charge in [0.05, 0.1) is 27.8 Å². The third kappa shape index (κ3) is 5.98. The van der Waals surface area contributed by atoms with Crippen molar-refractivity contribution in [3.8, 4) is 11.5 Å². The van der Waals surface area contributed by atoms with Crippen molar-refractivity contribution >= 4 is 58.5 Å². The molecule has 1 heterocycles. The van der Waals surface area contributed by atoms with E-state index in [1.54, 1.807) is 30.3 Å². The molecule has 40 heavy (non-hydrogen) atoms. The number of barbiturate groups is 1. The van der Waals surface area contributed by atoms with Gasteiger partial charge in [-0.05, 0) is 66.1 Å². The van der Waals surface area contributed by atoms with Gasteiger partial charge in [-0.1, -0.05) is 29.3 Å². The molecule has 0 aliphatic carbocycles. The van der Waals surface area contributed by atoms with Gasteiger partial charge in [-0.15, -0.1) is 6.58 Å². The second kappa shape index (κ2) is 12.0. The zero-order valence-electron chi connectivity index (χ0n) is 21.0. The highest BCUT2D eigenvalue weighted by Gasteiger charge is 2.37. The van der Waals surface area contributed by atoms with E-state index in [1.807, 2.05) is 0 Å². The van der Waals surface area contributed by atoms with Crippen LogP contribution in [0.2, 0.25) is 10.0 Å². The number of nitro groups is 1. The minimum absolute atomic E-state index is 0.0354. The zero-order valence-corrected chi connectivity index (χ0v) is 22.5. The van der Waals surface area contributed by atoms with Crippen LogP contribution in [0.5, 0.6) is 11.5 Å². The van der Waals surface area contributed by atoms with Crippen LogP contribution in [-0.4, -0.2) is 29.9 Å². The van der Waals surface area contributed by atoms with Crippen LogP contribution in [0.15, 0.2) is 72.8 Å². The molecular weight excluding hydrogens is 561 g/mol. The number of rotatable bonds is 9. The first-order valence-corrected chi connectivity index (χ1v) is 12.4. The summed E-state index contributed by atoms with van der Waals surface area (Å²) in [5.74, 6) is -1.01. The van der Waals surface area contributed by atoms with Crippen LogP contribution in [0.4, 0.5) is 16.2 Å². The number of benzene rings is 3. The van der Waals surface area contributed by atoms with E-state index in [2.05, 4.69) is 11.9 Å². The third-order valence-electron chi connectivity index (χ3n) is 5.84. The molecule has 1 N–H and O–H groups in total. The van der Waals surface area contributed by atoms with Gasteiger partial charge in [0.25, 0.3) is 17.5 Å². The summed E-state index contributed by atoms with van der Waals surface area (Å²) in [6, 6.07) is 12.5. The topological polar surface area (TPSA) is 128 Å². The van der Waals surface area contributed by atoms with E-state index in [9.17, 15) is 24.5 Å². The first kappa shape index (κ1) is 28.3. The SMILES string of the molecule is C=CCc1cc(/C=C2\C(=O)NC(=O)N(c3ccc(Cl)c(Cl)c3)C2=O)cc(OC)c1OCc1ccc([N+](=O)[O-])cc1. The van der Waals surface area contributed by atoms with Crippen molar-refractivity contribution in [3.05, 3.63) is 110 Å². The number of ether oxygens (including phenoxy) is 2. The van der Waals surface area contributed by atoms with Gasteiger partial charge in [0, 0.05) is 17.7 Å². The van der Waals surface area contributed by atoms with E-state index in [0.717, 1.165) is 4.90 Å². The second-order valence-electron chi connectivity index (χ2n) is 8.47. The van der Waals surface area contributed by atoms with Gasteiger partial charge >= 0.3 is 6.03 Å². The number of hydrogen-bond donors (Lipinski definition) is 1. The Morgan fingerprint density at radius 1 is 1.05 bits per heavy atom. The van der Waals surface area contributed by atoms with Crippen molar-refractivity contribution in [1.82, 2.24) is 5.32 Å². The maximum absolute atomic E-state index is 13.3. The fourth-order valence-corrected chi connectivity index (χ4v) is 4.23. The zero-order chi connectivity index (χ0) is 29.0. The molecule has 1 aliphatic rings. The minimum atomic E-state index is -0.926. The van der Waals surface area contributed by atoms with Crippen molar-refractivity contribution in [2.45, 2.75) is 13.0 Å². The summed E-state index contributed by atoms with van der Waals surface area (Å²) in [5.41, 5.74) is 1.57. The Bertz CT molecular complexity index is 1570. The average Bonchev–Trinajstić information content (AvgIpc) is 2.92. The van der Waals surface area contributed by atoms with E-state index in [4.69, 9.17) is 32.7 Å². The van der Waals surface area contributed by atoms with Crippen LogP contribution in [-0.2, 0) is 22.6 Å². The van der Waals surface area contributed by atoms with Gasteiger partial charge in [-0.25, -0.2) is 9.69 Å². The summed E-state index contributed by atoms with van der Waals surface area (Å²) in [7, 11) is 1.44. The van der Waals surface area contributed by atoms with Gasteiger partial charge in [-0.3, -0.25) is 25.0 Å². The Labute approximate surface area is 238 Å². The van der Waals surface area contributed by atoms with Gasteiger partial charge in [0.2, 0.25) is 0 Å². The predicted molar refractivity (Wildman–Crippen MR) is 150 cm³/mol. The van der Waals surface area contributed by atoms with Crippen LogP contribution in [0.25, 0.3) is 6.08 Å². The molecule has 204 valence electrons. The number of methoxy groups -OCH3 is 1. The number of halogens is 2. The fourth-order valence-electron chi connectivity index (χ4n) is 3.94. The molecule has 3 aromatic carbocycles. The molecule has 4 amide bonds. The summed E-state index contributed by atoms with van der Waals surface area (Å²) in [6.45, 7) is 3.87. The van der Waals surface area contributed by atoms with Crippen molar-refractivity contribution in [1.29, 1.82) is 0 Å². The highest BCUT2D eigenvalue weighted by atomic mass is 35.5. The standard InChI is InChI=1S/C28H21Cl2N3O7/c1-3-4-18-11-17(13-24(39-2)25(18)40-15-16-5-7-19(8-6-16)33(37)38)12-21-26(34)31-28(36)32(27(21)35)20-9-10-22(29)23(30)14-20/h3,5-14H,1,4,15H2,2H3,(H,31,34,36)/b21-12+. The Balaban J connectivity index is 1.67. The number of amides is 4. The molecule has 0 unspecified atom stereocenters. The predicted octanol–water partition coefficient (Wildman–Crippen LogP) is 5.88. The number of urea groups is 1. The van der Waals surface area contributed by atoms with Crippen molar-refractivity contribution in [2.24, 2.45) is 0 Å². The molecule has 0 radical (unpaired) electrons. The Hall–Kier alpha value is -4.67. The molecule has 0 aromatic heterocycles. The molecule has 1 fully saturated rings. The number of non-ortho nitro benzene ring substituents is 1. The molecule has 10 nitrogen and oxygen atoms in total. The van der Waals surface area contributed by atoms with Crippen LogP contribution in [0, 0.1) is 10.1 Å². The smallest absolute Gasteiger partial charge is 0.335 e. The molecule has 4 rings (SSSR count). The summed E-state index contributed by atoms with van der Waals surface area (Å²) >= 11 is 12.0. The number of anilines is 1. The van der Waals surface area contributed by atoms with E-state index in [0.29, 0.717) is 34.6 Å². The minimum Gasteiger partial charge on any atom is -0.493 e. The third-order valence-corrected chi connectivity index (χ3v) is 6.58. The van der Waals surface area contributed by atoms with Gasteiger partial charge < -0.3 is 9.47 Å². The lowest BCUT2D eigenvalue weighted by atomic mass is 10.0. The number of hydrogen-bond acceptors (Lipinski definition) is 7. The molecule has 0 spiro atoms. The van der Waals surface area contributed by atoms with Gasteiger partial charge in [0.15, 0.2) is 11.5 Å². The number of carbonyl (C=O) groups is 3. The number of imide groups is 2. The maximum Gasteiger partial charge on any atom is 0.335 e. The summed E-state index contributed by atoms with van der Waals surface area (Å²) in [4.78, 5) is 49.7. The Morgan fingerprint density at radius 2 is 1.77 bits per heavy atom. The molecule has 12 heteroatoms. The second-order valence-corrected chi connectivity index (χ2v) is 9.29. The Kier molecular flexibility index (Phi) is 8.52.